The van der Waals surface area contributed by atoms with Crippen LogP contribution in [-0.2, 0) is 0 Å². The summed E-state index contributed by atoms with van der Waals surface area (Å²) < 4.78 is 26.8. The van der Waals surface area contributed by atoms with E-state index in [0.29, 0.717) is 11.9 Å². The number of rotatable bonds is 2. The number of nitrogens with one attached hydrogen (secondary N) is 1. The van der Waals surface area contributed by atoms with Gasteiger partial charge in [-0.05, 0) is 46.6 Å². The van der Waals surface area contributed by atoms with Gasteiger partial charge < -0.3 is 5.32 Å². The number of nitrogens with zero attached hydrogens (tertiary/aromatic N) is 1. The predicted molar refractivity (Wildman–Crippen MR) is 71.0 cm³/mol. The number of halogens is 3. The molecule has 1 heterocycles. The van der Waals surface area contributed by atoms with E-state index in [1.165, 1.54) is 6.20 Å². The molecule has 0 spiro atoms. The molecular formula is C13H9BrF2N2O. The molecular weight excluding hydrogens is 318 g/mol. The van der Waals surface area contributed by atoms with Gasteiger partial charge in [0.1, 0.15) is 17.5 Å². The minimum Gasteiger partial charge on any atom is -0.307 e. The number of hydrogen-bond donors (Lipinski definition) is 1. The van der Waals surface area contributed by atoms with E-state index in [1.54, 1.807) is 6.07 Å². The number of carbonyl (C=O) groups excluding carboxylic acids is 1. The molecule has 3 nitrogen and oxygen atoms in total. The Morgan fingerprint density at radius 1 is 1.21 bits per heavy atom. The lowest BCUT2D eigenvalue weighted by atomic mass is 10.2. The molecule has 0 aliphatic heterocycles. The highest BCUT2D eigenvalue weighted by molar-refractivity contribution is 9.10. The van der Waals surface area contributed by atoms with Gasteiger partial charge in [0.15, 0.2) is 0 Å². The average Bonchev–Trinajstić information content (AvgIpc) is 2.32. The first-order valence-electron chi connectivity index (χ1n) is 5.35. The number of carbonyl (C=O) groups is 1. The second-order valence-electron chi connectivity index (χ2n) is 3.93. The van der Waals surface area contributed by atoms with Crippen molar-refractivity contribution in [3.8, 4) is 0 Å². The highest BCUT2D eigenvalue weighted by Crippen LogP contribution is 2.18. The normalized spacial score (nSPS) is 10.3. The molecule has 0 bridgehead atoms. The highest BCUT2D eigenvalue weighted by atomic mass is 79.9. The second kappa shape index (κ2) is 5.44. The molecule has 0 saturated carbocycles. The molecule has 0 aliphatic carbocycles. The lowest BCUT2D eigenvalue weighted by Gasteiger charge is -2.06. The Bertz CT molecular complexity index is 626. The van der Waals surface area contributed by atoms with E-state index < -0.39 is 17.5 Å². The number of hydrogen-bond acceptors (Lipinski definition) is 2. The number of pyridine rings is 1. The van der Waals surface area contributed by atoms with Gasteiger partial charge in [-0.15, -0.1) is 0 Å². The molecule has 1 N–H and O–H groups in total. The van der Waals surface area contributed by atoms with Gasteiger partial charge in [-0.3, -0.25) is 4.79 Å². The zero-order valence-electron chi connectivity index (χ0n) is 9.88. The summed E-state index contributed by atoms with van der Waals surface area (Å²) in [6, 6.07) is 4.28. The highest BCUT2D eigenvalue weighted by Gasteiger charge is 2.10. The maximum Gasteiger partial charge on any atom is 0.257 e. The Kier molecular flexibility index (Phi) is 3.90. The molecule has 2 rings (SSSR count). The fourth-order valence-electron chi connectivity index (χ4n) is 1.48. The van der Waals surface area contributed by atoms with Gasteiger partial charge in [0.05, 0.1) is 0 Å². The molecule has 0 atom stereocenters. The zero-order chi connectivity index (χ0) is 14.0. The first-order chi connectivity index (χ1) is 8.95. The summed E-state index contributed by atoms with van der Waals surface area (Å²) in [5.41, 5.74) is 0.788. The van der Waals surface area contributed by atoms with Crippen molar-refractivity contribution >= 4 is 27.7 Å². The average molecular weight is 327 g/mol. The second-order valence-corrected chi connectivity index (χ2v) is 4.79. The first-order valence-corrected chi connectivity index (χ1v) is 6.14. The molecule has 1 aromatic heterocycles. The van der Waals surface area contributed by atoms with E-state index >= 15 is 0 Å². The van der Waals surface area contributed by atoms with E-state index in [2.05, 4.69) is 26.2 Å². The first kappa shape index (κ1) is 13.6. The van der Waals surface area contributed by atoms with E-state index in [1.807, 2.05) is 6.92 Å². The SMILES string of the molecule is Cc1cc(NC(=O)c2cc(F)cc(F)c2)ncc1Br. The van der Waals surface area contributed by atoms with E-state index in [9.17, 15) is 13.6 Å². The predicted octanol–water partition coefficient (Wildman–Crippen LogP) is 3.68. The number of benzene rings is 1. The van der Waals surface area contributed by atoms with Crippen LogP contribution in [-0.4, -0.2) is 10.9 Å². The maximum absolute atomic E-state index is 13.0. The van der Waals surface area contributed by atoms with Crippen molar-refractivity contribution in [3.05, 3.63) is 57.7 Å². The minimum atomic E-state index is -0.801. The number of anilines is 1. The molecule has 0 unspecified atom stereocenters. The van der Waals surface area contributed by atoms with Crippen molar-refractivity contribution in [1.82, 2.24) is 4.98 Å². The van der Waals surface area contributed by atoms with Crippen LogP contribution in [0.15, 0.2) is 34.9 Å². The van der Waals surface area contributed by atoms with Gasteiger partial charge in [-0.2, -0.15) is 0 Å². The van der Waals surface area contributed by atoms with Gasteiger partial charge in [0.2, 0.25) is 0 Å². The van der Waals surface area contributed by atoms with E-state index in [-0.39, 0.29) is 5.56 Å². The number of aryl methyl sites for hydroxylation is 1. The Labute approximate surface area is 116 Å². The topological polar surface area (TPSA) is 42.0 Å². The summed E-state index contributed by atoms with van der Waals surface area (Å²) in [6.07, 6.45) is 1.54. The molecule has 6 heteroatoms. The number of aromatic nitrogens is 1. The van der Waals surface area contributed by atoms with Crippen LogP contribution in [0.5, 0.6) is 0 Å². The minimum absolute atomic E-state index is 0.0973. The summed E-state index contributed by atoms with van der Waals surface area (Å²) in [7, 11) is 0. The fourth-order valence-corrected chi connectivity index (χ4v) is 1.70. The van der Waals surface area contributed by atoms with Crippen LogP contribution in [0.3, 0.4) is 0 Å². The van der Waals surface area contributed by atoms with E-state index in [0.717, 1.165) is 22.2 Å². The molecule has 0 aliphatic rings. The van der Waals surface area contributed by atoms with Gasteiger partial charge in [0.25, 0.3) is 5.91 Å². The van der Waals surface area contributed by atoms with Gasteiger partial charge >= 0.3 is 0 Å². The largest absolute Gasteiger partial charge is 0.307 e. The molecule has 0 radical (unpaired) electrons. The Hall–Kier alpha value is -1.82. The van der Waals surface area contributed by atoms with Crippen LogP contribution < -0.4 is 5.32 Å². The third-order valence-corrected chi connectivity index (χ3v) is 3.24. The molecule has 0 fully saturated rings. The van der Waals surface area contributed by atoms with E-state index in [4.69, 9.17) is 0 Å². The lowest BCUT2D eigenvalue weighted by molar-refractivity contribution is 0.102. The zero-order valence-corrected chi connectivity index (χ0v) is 11.5. The third-order valence-electron chi connectivity index (χ3n) is 2.41. The fraction of sp³-hybridized carbons (Fsp3) is 0.0769. The Morgan fingerprint density at radius 2 is 1.84 bits per heavy atom. The quantitative estimate of drug-likeness (QED) is 0.914. The molecule has 19 heavy (non-hydrogen) atoms. The molecule has 0 saturated heterocycles. The van der Waals surface area contributed by atoms with Crippen molar-refractivity contribution in [1.29, 1.82) is 0 Å². The molecule has 1 aromatic carbocycles. The van der Waals surface area contributed by atoms with Crippen LogP contribution in [0, 0.1) is 18.6 Å². The summed E-state index contributed by atoms with van der Waals surface area (Å²) in [5, 5.41) is 2.48. The van der Waals surface area contributed by atoms with Gasteiger partial charge in [0, 0.05) is 22.3 Å². The van der Waals surface area contributed by atoms with Crippen molar-refractivity contribution in [3.63, 3.8) is 0 Å². The van der Waals surface area contributed by atoms with Crippen LogP contribution in [0.2, 0.25) is 0 Å². The van der Waals surface area contributed by atoms with Crippen molar-refractivity contribution < 1.29 is 13.6 Å². The van der Waals surface area contributed by atoms with Crippen molar-refractivity contribution in [2.75, 3.05) is 5.32 Å². The standard InChI is InChI=1S/C13H9BrF2N2O/c1-7-2-12(17-6-11(7)14)18-13(19)8-3-9(15)5-10(16)4-8/h2-6H,1H3,(H,17,18,19). The summed E-state index contributed by atoms with van der Waals surface area (Å²) in [4.78, 5) is 15.8. The summed E-state index contributed by atoms with van der Waals surface area (Å²) in [5.74, 6) is -1.90. The smallest absolute Gasteiger partial charge is 0.257 e. The van der Waals surface area contributed by atoms with Crippen molar-refractivity contribution in [2.24, 2.45) is 0 Å². The molecule has 1 amide bonds. The van der Waals surface area contributed by atoms with Crippen molar-refractivity contribution in [2.45, 2.75) is 6.92 Å². The van der Waals surface area contributed by atoms with Crippen LogP contribution in [0.4, 0.5) is 14.6 Å². The van der Waals surface area contributed by atoms with Gasteiger partial charge in [-0.25, -0.2) is 13.8 Å². The number of amides is 1. The summed E-state index contributed by atoms with van der Waals surface area (Å²) >= 11 is 3.29. The molecule has 2 aromatic rings. The third kappa shape index (κ3) is 3.35. The van der Waals surface area contributed by atoms with Crippen LogP contribution >= 0.6 is 15.9 Å². The summed E-state index contributed by atoms with van der Waals surface area (Å²) in [6.45, 7) is 1.84. The Morgan fingerprint density at radius 3 is 2.42 bits per heavy atom. The lowest BCUT2D eigenvalue weighted by Crippen LogP contribution is -2.13. The van der Waals surface area contributed by atoms with Crippen LogP contribution in [0.1, 0.15) is 15.9 Å². The molecule has 98 valence electrons. The van der Waals surface area contributed by atoms with Crippen LogP contribution in [0.25, 0.3) is 0 Å². The maximum atomic E-state index is 13.0. The Balaban J connectivity index is 2.22. The monoisotopic (exact) mass is 326 g/mol. The van der Waals surface area contributed by atoms with Gasteiger partial charge in [-0.1, -0.05) is 0 Å².